The highest BCUT2D eigenvalue weighted by atomic mass is 31.2. The maximum Gasteiger partial charge on any atom is 0.472 e. The first kappa shape index (κ1) is 72.5. The van der Waals surface area contributed by atoms with Crippen LogP contribution in [0.15, 0.2) is 0 Å². The van der Waals surface area contributed by atoms with Crippen molar-refractivity contribution in [2.24, 2.45) is 0 Å². The average Bonchev–Trinajstić information content (AvgIpc) is 3.35. The van der Waals surface area contributed by atoms with Gasteiger partial charge in [-0.25, -0.2) is 4.57 Å². The Bertz CT molecular complexity index is 1150. The molecule has 0 saturated heterocycles. The van der Waals surface area contributed by atoms with E-state index in [9.17, 15) is 19.4 Å². The molecular weight excluding hydrogens is 924 g/mol. The van der Waals surface area contributed by atoms with E-state index in [4.69, 9.17) is 9.05 Å². The number of nitrogens with one attached hydrogen (secondary N) is 1. The van der Waals surface area contributed by atoms with Crippen molar-refractivity contribution in [3.8, 4) is 0 Å². The average molecular weight is 1060 g/mol. The van der Waals surface area contributed by atoms with Gasteiger partial charge < -0.3 is 19.8 Å². The highest BCUT2D eigenvalue weighted by Crippen LogP contribution is 2.43. The number of quaternary nitrogens is 1. The van der Waals surface area contributed by atoms with Crippen LogP contribution in [0.25, 0.3) is 0 Å². The summed E-state index contributed by atoms with van der Waals surface area (Å²) in [6.45, 7) is 4.94. The second kappa shape index (κ2) is 56.2. The molecule has 0 aromatic carbocycles. The Hall–Kier alpha value is -0.500. The van der Waals surface area contributed by atoms with Gasteiger partial charge in [-0.1, -0.05) is 335 Å². The van der Waals surface area contributed by atoms with Crippen LogP contribution in [-0.4, -0.2) is 73.4 Å². The number of likely N-dealkylation sites (N-methyl/N-ethyl adjacent to an activating group) is 1. The topological polar surface area (TPSA) is 105 Å². The maximum atomic E-state index is 13.0. The molecule has 438 valence electrons. The van der Waals surface area contributed by atoms with E-state index in [0.717, 1.165) is 38.5 Å². The molecular formula is C64H132N2O6P+. The summed E-state index contributed by atoms with van der Waals surface area (Å²) in [5.41, 5.74) is 0. The summed E-state index contributed by atoms with van der Waals surface area (Å²) in [5, 5.41) is 14.1. The van der Waals surface area contributed by atoms with Crippen molar-refractivity contribution in [3.05, 3.63) is 0 Å². The molecule has 0 aliphatic heterocycles. The summed E-state index contributed by atoms with van der Waals surface area (Å²) in [6.07, 6.45) is 69.3. The minimum atomic E-state index is -4.32. The van der Waals surface area contributed by atoms with Gasteiger partial charge in [0, 0.05) is 6.42 Å². The summed E-state index contributed by atoms with van der Waals surface area (Å²) in [7, 11) is 1.64. The lowest BCUT2D eigenvalue weighted by Gasteiger charge is -2.26. The third-order valence-electron chi connectivity index (χ3n) is 15.6. The highest BCUT2D eigenvalue weighted by molar-refractivity contribution is 7.47. The van der Waals surface area contributed by atoms with Gasteiger partial charge >= 0.3 is 7.82 Å². The van der Waals surface area contributed by atoms with Gasteiger partial charge in [-0.2, -0.15) is 0 Å². The van der Waals surface area contributed by atoms with E-state index in [1.54, 1.807) is 0 Å². The maximum absolute atomic E-state index is 13.0. The van der Waals surface area contributed by atoms with Crippen LogP contribution in [0.1, 0.15) is 354 Å². The number of nitrogens with zero attached hydrogens (tertiary/aromatic N) is 1. The SMILES string of the molecule is CCCCCCCCCCCCCCCCCCCCCCCCCCCCCCCCCCCCCCCCC(=O)NC(COP(=O)(O)OCC[N+](C)(C)C)C(O)CCCCCCCCCCCCCCC. The molecule has 0 aliphatic rings. The molecule has 3 atom stereocenters. The first-order chi connectivity index (χ1) is 35.5. The van der Waals surface area contributed by atoms with Crippen LogP contribution in [0.4, 0.5) is 0 Å². The molecule has 0 spiro atoms. The lowest BCUT2D eigenvalue weighted by molar-refractivity contribution is -0.870. The van der Waals surface area contributed by atoms with Gasteiger partial charge in [-0.15, -0.1) is 0 Å². The third-order valence-corrected chi connectivity index (χ3v) is 16.6. The Morgan fingerprint density at radius 2 is 0.658 bits per heavy atom. The number of unbranched alkanes of at least 4 members (excludes halogenated alkanes) is 49. The molecule has 73 heavy (non-hydrogen) atoms. The predicted molar refractivity (Wildman–Crippen MR) is 319 cm³/mol. The number of phosphoric ester groups is 1. The van der Waals surface area contributed by atoms with E-state index in [1.807, 2.05) is 21.1 Å². The molecule has 3 unspecified atom stereocenters. The number of rotatable bonds is 62. The van der Waals surface area contributed by atoms with Gasteiger partial charge in [0.1, 0.15) is 13.2 Å². The number of aliphatic hydroxyl groups is 1. The van der Waals surface area contributed by atoms with E-state index in [1.165, 1.54) is 289 Å². The van der Waals surface area contributed by atoms with Crippen LogP contribution in [-0.2, 0) is 18.4 Å². The first-order valence-electron chi connectivity index (χ1n) is 32.9. The largest absolute Gasteiger partial charge is 0.472 e. The fraction of sp³-hybridized carbons (Fsp3) is 0.984. The molecule has 9 heteroatoms. The molecule has 0 saturated carbocycles. The van der Waals surface area contributed by atoms with Crippen molar-refractivity contribution < 1.29 is 32.9 Å². The fourth-order valence-corrected chi connectivity index (χ4v) is 11.2. The Balaban J connectivity index is 3.81. The second-order valence-electron chi connectivity index (χ2n) is 24.2. The smallest absolute Gasteiger partial charge is 0.391 e. The molecule has 0 bridgehead atoms. The van der Waals surface area contributed by atoms with Crippen LogP contribution in [0.5, 0.6) is 0 Å². The lowest BCUT2D eigenvalue weighted by atomic mass is 10.0. The molecule has 0 heterocycles. The number of amides is 1. The Labute approximate surface area is 457 Å². The Kier molecular flexibility index (Phi) is 55.8. The van der Waals surface area contributed by atoms with Crippen molar-refractivity contribution >= 4 is 13.7 Å². The number of aliphatic hydroxyl groups excluding tert-OH is 1. The van der Waals surface area contributed by atoms with Crippen LogP contribution >= 0.6 is 7.82 Å². The van der Waals surface area contributed by atoms with Crippen LogP contribution in [0.3, 0.4) is 0 Å². The number of carbonyl (C=O) groups is 1. The molecule has 0 aromatic rings. The summed E-state index contributed by atoms with van der Waals surface area (Å²) < 4.78 is 23.8. The fourth-order valence-electron chi connectivity index (χ4n) is 10.5. The molecule has 1 amide bonds. The van der Waals surface area contributed by atoms with Crippen molar-refractivity contribution in [1.82, 2.24) is 5.32 Å². The monoisotopic (exact) mass is 1060 g/mol. The molecule has 0 rings (SSSR count). The molecule has 0 aliphatic carbocycles. The van der Waals surface area contributed by atoms with Crippen molar-refractivity contribution in [1.29, 1.82) is 0 Å². The van der Waals surface area contributed by atoms with Crippen molar-refractivity contribution in [2.45, 2.75) is 366 Å². The number of carbonyl (C=O) groups excluding carboxylic acids is 1. The highest BCUT2D eigenvalue weighted by Gasteiger charge is 2.28. The van der Waals surface area contributed by atoms with Gasteiger partial charge in [-0.3, -0.25) is 13.8 Å². The van der Waals surface area contributed by atoms with Crippen LogP contribution in [0.2, 0.25) is 0 Å². The van der Waals surface area contributed by atoms with E-state index < -0.39 is 20.0 Å². The predicted octanol–water partition coefficient (Wildman–Crippen LogP) is 20.4. The molecule has 0 radical (unpaired) electrons. The first-order valence-corrected chi connectivity index (χ1v) is 34.4. The Morgan fingerprint density at radius 1 is 0.411 bits per heavy atom. The van der Waals surface area contributed by atoms with Crippen LogP contribution in [0, 0.1) is 0 Å². The third kappa shape index (κ3) is 59.0. The zero-order chi connectivity index (χ0) is 53.5. The molecule has 8 nitrogen and oxygen atoms in total. The summed E-state index contributed by atoms with van der Waals surface area (Å²) >= 11 is 0. The van der Waals surface area contributed by atoms with Gasteiger partial charge in [-0.05, 0) is 12.8 Å². The van der Waals surface area contributed by atoms with Gasteiger partial charge in [0.05, 0.1) is 39.9 Å². The number of phosphoric acid groups is 1. The van der Waals surface area contributed by atoms with Crippen LogP contribution < -0.4 is 5.32 Å². The standard InChI is InChI=1S/C64H131N2O6P/c1-6-8-10-12-14-16-18-20-21-22-23-24-25-26-27-28-29-30-31-32-33-34-35-36-37-38-39-40-41-42-43-44-46-48-50-52-54-56-58-64(68)65-62(61-72-73(69,70)71-60-59-66(3,4)5)63(67)57-55-53-51-49-47-45-19-17-15-13-11-9-7-2/h62-63,67H,6-61H2,1-5H3,(H-,65,68,69,70)/p+1. The summed E-state index contributed by atoms with van der Waals surface area (Å²) in [4.78, 5) is 23.3. The Morgan fingerprint density at radius 3 is 0.918 bits per heavy atom. The quantitative estimate of drug-likeness (QED) is 0.0318. The van der Waals surface area contributed by atoms with Crippen molar-refractivity contribution in [3.63, 3.8) is 0 Å². The van der Waals surface area contributed by atoms with Gasteiger partial charge in [0.15, 0.2) is 0 Å². The molecule has 0 aromatic heterocycles. The number of hydrogen-bond acceptors (Lipinski definition) is 5. The van der Waals surface area contributed by atoms with E-state index in [0.29, 0.717) is 23.9 Å². The van der Waals surface area contributed by atoms with Gasteiger partial charge in [0.25, 0.3) is 0 Å². The second-order valence-corrected chi connectivity index (χ2v) is 25.7. The zero-order valence-electron chi connectivity index (χ0n) is 50.2. The minimum Gasteiger partial charge on any atom is -0.391 e. The van der Waals surface area contributed by atoms with E-state index >= 15 is 0 Å². The molecule has 3 N–H and O–H groups in total. The normalized spacial score (nSPS) is 13.7. The summed E-state index contributed by atoms with van der Waals surface area (Å²) in [6, 6.07) is -0.755. The number of hydrogen-bond donors (Lipinski definition) is 3. The van der Waals surface area contributed by atoms with Gasteiger partial charge in [0.2, 0.25) is 5.91 Å². The molecule has 0 fully saturated rings. The zero-order valence-corrected chi connectivity index (χ0v) is 51.1. The van der Waals surface area contributed by atoms with E-state index in [2.05, 4.69) is 19.2 Å². The lowest BCUT2D eigenvalue weighted by Crippen LogP contribution is -2.46. The van der Waals surface area contributed by atoms with Crippen molar-refractivity contribution in [2.75, 3.05) is 40.9 Å². The van der Waals surface area contributed by atoms with E-state index in [-0.39, 0.29) is 19.1 Å². The minimum absolute atomic E-state index is 0.0790. The summed E-state index contributed by atoms with van der Waals surface area (Å²) in [5.74, 6) is -0.136.